The first-order valence-electron chi connectivity index (χ1n) is 9.24. The number of ether oxygens (including phenoxy) is 1. The molecule has 2 heterocycles. The summed E-state index contributed by atoms with van der Waals surface area (Å²) >= 11 is 0. The molecule has 0 aliphatic carbocycles. The van der Waals surface area contributed by atoms with E-state index >= 15 is 0 Å². The molecule has 138 valence electrons. The lowest BCUT2D eigenvalue weighted by molar-refractivity contribution is -0.132. The van der Waals surface area contributed by atoms with Crippen molar-refractivity contribution < 1.29 is 14.3 Å². The van der Waals surface area contributed by atoms with E-state index in [-0.39, 0.29) is 23.8 Å². The second-order valence-corrected chi connectivity index (χ2v) is 7.26. The number of carbonyl (C=O) groups is 2. The zero-order chi connectivity index (χ0) is 18.5. The maximum Gasteiger partial charge on any atom is 0.226 e. The molecular weight excluding hydrogens is 330 g/mol. The molecule has 2 aliphatic rings. The van der Waals surface area contributed by atoms with Gasteiger partial charge in [-0.2, -0.15) is 5.26 Å². The summed E-state index contributed by atoms with van der Waals surface area (Å²) in [6.45, 7) is 2.07. The van der Waals surface area contributed by atoms with Gasteiger partial charge in [0, 0.05) is 19.7 Å². The molecule has 1 aromatic rings. The monoisotopic (exact) mass is 355 g/mol. The number of carbonyl (C=O) groups excluding carboxylic acids is 2. The van der Waals surface area contributed by atoms with Crippen molar-refractivity contribution in [3.8, 4) is 6.07 Å². The van der Waals surface area contributed by atoms with Gasteiger partial charge in [-0.3, -0.25) is 9.59 Å². The summed E-state index contributed by atoms with van der Waals surface area (Å²) in [7, 11) is 0. The zero-order valence-corrected chi connectivity index (χ0v) is 14.9. The van der Waals surface area contributed by atoms with Crippen molar-refractivity contribution in [1.82, 2.24) is 4.90 Å². The number of hydrogen-bond acceptors (Lipinski definition) is 4. The molecule has 2 fully saturated rings. The highest BCUT2D eigenvalue weighted by atomic mass is 16.5. The minimum Gasteiger partial charge on any atom is -0.377 e. The molecule has 2 amide bonds. The Kier molecular flexibility index (Phi) is 5.89. The van der Waals surface area contributed by atoms with E-state index in [1.165, 1.54) is 0 Å². The van der Waals surface area contributed by atoms with Gasteiger partial charge in [0.1, 0.15) is 0 Å². The van der Waals surface area contributed by atoms with Crippen LogP contribution in [0.3, 0.4) is 0 Å². The molecule has 3 rings (SSSR count). The van der Waals surface area contributed by atoms with E-state index in [4.69, 9.17) is 15.7 Å². The van der Waals surface area contributed by atoms with Crippen LogP contribution >= 0.6 is 0 Å². The number of hydrogen-bond donors (Lipinski definition) is 1. The number of benzene rings is 1. The van der Waals surface area contributed by atoms with Gasteiger partial charge in [0.05, 0.1) is 30.1 Å². The Morgan fingerprint density at radius 1 is 1.27 bits per heavy atom. The molecule has 2 N–H and O–H groups in total. The second kappa shape index (κ2) is 8.33. The molecule has 0 saturated carbocycles. The van der Waals surface area contributed by atoms with Crippen molar-refractivity contribution in [2.75, 3.05) is 19.7 Å². The highest BCUT2D eigenvalue weighted by Gasteiger charge is 2.35. The van der Waals surface area contributed by atoms with Crippen molar-refractivity contribution in [2.24, 2.45) is 17.6 Å². The van der Waals surface area contributed by atoms with Crippen molar-refractivity contribution in [2.45, 2.75) is 38.2 Å². The van der Waals surface area contributed by atoms with Crippen molar-refractivity contribution in [3.05, 3.63) is 35.4 Å². The van der Waals surface area contributed by atoms with Gasteiger partial charge in [-0.05, 0) is 49.3 Å². The summed E-state index contributed by atoms with van der Waals surface area (Å²) in [6, 6.07) is 9.30. The molecule has 0 aromatic heterocycles. The predicted molar refractivity (Wildman–Crippen MR) is 95.8 cm³/mol. The van der Waals surface area contributed by atoms with Gasteiger partial charge in [-0.15, -0.1) is 0 Å². The molecule has 26 heavy (non-hydrogen) atoms. The fourth-order valence-electron chi connectivity index (χ4n) is 3.99. The van der Waals surface area contributed by atoms with E-state index in [2.05, 4.69) is 6.07 Å². The molecule has 0 spiro atoms. The number of likely N-dealkylation sites (tertiary alicyclic amines) is 1. The minimum atomic E-state index is -0.264. The molecule has 2 atom stereocenters. The third-order valence-corrected chi connectivity index (χ3v) is 5.52. The normalized spacial score (nSPS) is 23.6. The molecule has 2 saturated heterocycles. The zero-order valence-electron chi connectivity index (χ0n) is 14.9. The summed E-state index contributed by atoms with van der Waals surface area (Å²) in [5.41, 5.74) is 6.91. The van der Waals surface area contributed by atoms with Gasteiger partial charge < -0.3 is 15.4 Å². The van der Waals surface area contributed by atoms with Crippen molar-refractivity contribution >= 4 is 11.8 Å². The van der Waals surface area contributed by atoms with Crippen molar-refractivity contribution in [1.29, 1.82) is 5.26 Å². The van der Waals surface area contributed by atoms with Gasteiger partial charge in [0.15, 0.2) is 0 Å². The van der Waals surface area contributed by atoms with E-state index in [1.54, 1.807) is 12.1 Å². The van der Waals surface area contributed by atoms with Crippen LogP contribution in [0.5, 0.6) is 0 Å². The van der Waals surface area contributed by atoms with Gasteiger partial charge in [0.2, 0.25) is 11.8 Å². The number of nitrogens with two attached hydrogens (primary N) is 1. The Hall–Kier alpha value is -2.39. The number of primary amides is 1. The van der Waals surface area contributed by atoms with Crippen molar-refractivity contribution in [3.63, 3.8) is 0 Å². The van der Waals surface area contributed by atoms with Crippen LogP contribution in [0.15, 0.2) is 24.3 Å². The summed E-state index contributed by atoms with van der Waals surface area (Å²) in [4.78, 5) is 25.9. The van der Waals surface area contributed by atoms with E-state index in [9.17, 15) is 9.59 Å². The fraction of sp³-hybridized carbons (Fsp3) is 0.550. The van der Waals surface area contributed by atoms with Crippen LogP contribution in [0.25, 0.3) is 0 Å². The lowest BCUT2D eigenvalue weighted by Crippen LogP contribution is -2.40. The van der Waals surface area contributed by atoms with Gasteiger partial charge >= 0.3 is 0 Å². The number of nitriles is 1. The van der Waals surface area contributed by atoms with Crippen LogP contribution in [-0.2, 0) is 20.7 Å². The van der Waals surface area contributed by atoms with E-state index in [0.717, 1.165) is 44.3 Å². The number of amides is 2. The highest BCUT2D eigenvalue weighted by molar-refractivity contribution is 5.79. The van der Waals surface area contributed by atoms with E-state index in [1.807, 2.05) is 17.0 Å². The Labute approximate surface area is 153 Å². The average molecular weight is 355 g/mol. The standard InChI is InChI=1S/C20H25N3O3/c21-13-16-3-1-2-15(10-16)12-19(24)23-7-4-14(5-8-23)11-18-17(20(22)25)6-9-26-18/h1-3,10,14,17-18H,4-9,11-12H2,(H2,22,25)/t17-,18-/m1/s1. The lowest BCUT2D eigenvalue weighted by atomic mass is 9.86. The van der Waals surface area contributed by atoms with Crippen LogP contribution in [0, 0.1) is 23.2 Å². The number of rotatable bonds is 5. The molecule has 1 aromatic carbocycles. The fourth-order valence-corrected chi connectivity index (χ4v) is 3.99. The second-order valence-electron chi connectivity index (χ2n) is 7.26. The maximum absolute atomic E-state index is 12.5. The molecule has 6 heteroatoms. The minimum absolute atomic E-state index is 0.0616. The largest absolute Gasteiger partial charge is 0.377 e. The average Bonchev–Trinajstić information content (AvgIpc) is 3.11. The van der Waals surface area contributed by atoms with Crippen LogP contribution in [0.2, 0.25) is 0 Å². The first kappa shape index (κ1) is 18.4. The van der Waals surface area contributed by atoms with Crippen LogP contribution in [0.1, 0.15) is 36.8 Å². The van der Waals surface area contributed by atoms with Gasteiger partial charge in [-0.25, -0.2) is 0 Å². The van der Waals surface area contributed by atoms with Crippen LogP contribution < -0.4 is 5.73 Å². The first-order chi connectivity index (χ1) is 12.6. The number of piperidine rings is 1. The third-order valence-electron chi connectivity index (χ3n) is 5.52. The molecular formula is C20H25N3O3. The molecule has 0 unspecified atom stereocenters. The Morgan fingerprint density at radius 2 is 2.04 bits per heavy atom. The molecule has 0 radical (unpaired) electrons. The molecule has 0 bridgehead atoms. The molecule has 2 aliphatic heterocycles. The maximum atomic E-state index is 12.5. The highest BCUT2D eigenvalue weighted by Crippen LogP contribution is 2.30. The van der Waals surface area contributed by atoms with E-state index in [0.29, 0.717) is 24.5 Å². The summed E-state index contributed by atoms with van der Waals surface area (Å²) in [5.74, 6) is 0.137. The topological polar surface area (TPSA) is 96.4 Å². The number of nitrogens with zero attached hydrogens (tertiary/aromatic N) is 2. The summed E-state index contributed by atoms with van der Waals surface area (Å²) < 4.78 is 5.70. The van der Waals surface area contributed by atoms with Crippen LogP contribution in [-0.4, -0.2) is 42.5 Å². The van der Waals surface area contributed by atoms with Gasteiger partial charge in [-0.1, -0.05) is 12.1 Å². The SMILES string of the molecule is N#Cc1cccc(CC(=O)N2CCC(C[C@H]3OCC[C@H]3C(N)=O)CC2)c1. The first-order valence-corrected chi connectivity index (χ1v) is 9.24. The van der Waals surface area contributed by atoms with E-state index < -0.39 is 0 Å². The third kappa shape index (κ3) is 4.41. The lowest BCUT2D eigenvalue weighted by Gasteiger charge is -2.33. The Balaban J connectivity index is 1.48. The quantitative estimate of drug-likeness (QED) is 0.868. The smallest absolute Gasteiger partial charge is 0.226 e. The van der Waals surface area contributed by atoms with Gasteiger partial charge in [0.25, 0.3) is 0 Å². The Bertz CT molecular complexity index is 704. The summed E-state index contributed by atoms with van der Waals surface area (Å²) in [5, 5.41) is 8.96. The summed E-state index contributed by atoms with van der Waals surface area (Å²) in [6.07, 6.45) is 3.69. The molecule has 6 nitrogen and oxygen atoms in total. The predicted octanol–water partition coefficient (Wildman–Crippen LogP) is 1.62. The van der Waals surface area contributed by atoms with Crippen LogP contribution in [0.4, 0.5) is 0 Å². The Morgan fingerprint density at radius 3 is 2.73 bits per heavy atom.